The van der Waals surface area contributed by atoms with E-state index in [4.69, 9.17) is 21.3 Å². The molecule has 0 bridgehead atoms. The van der Waals surface area contributed by atoms with Crippen LogP contribution in [0, 0.1) is 0 Å². The standard InChI is InChI=1S/C23H18ClN5O2/c1-31-21-5-3-15(11-26-21)29-18-4-2-14(24)10-17(18)27-20(29)13-28-19-12-25-9-6-16(19)23(7-8-23)22(28)30/h2-6,9-12H,7-8,13H2,1H3. The maximum atomic E-state index is 13.4. The average molecular weight is 432 g/mol. The van der Waals surface area contributed by atoms with E-state index in [-0.39, 0.29) is 11.3 Å². The first-order valence-electron chi connectivity index (χ1n) is 10.0. The number of fused-ring (bicyclic) bond motifs is 3. The van der Waals surface area contributed by atoms with Crippen LogP contribution >= 0.6 is 11.6 Å². The van der Waals surface area contributed by atoms with Crippen molar-refractivity contribution >= 4 is 34.2 Å². The molecule has 1 aliphatic heterocycles. The zero-order valence-electron chi connectivity index (χ0n) is 16.7. The molecule has 8 heteroatoms. The van der Waals surface area contributed by atoms with Crippen LogP contribution in [0.3, 0.4) is 0 Å². The van der Waals surface area contributed by atoms with Gasteiger partial charge in [0.2, 0.25) is 11.8 Å². The Bertz CT molecular complexity index is 1340. The summed E-state index contributed by atoms with van der Waals surface area (Å²) in [6.07, 6.45) is 7.04. The van der Waals surface area contributed by atoms with Gasteiger partial charge in [-0.15, -0.1) is 0 Å². The Kier molecular flexibility index (Phi) is 3.86. The van der Waals surface area contributed by atoms with Gasteiger partial charge < -0.3 is 9.64 Å². The highest BCUT2D eigenvalue weighted by molar-refractivity contribution is 6.31. The largest absolute Gasteiger partial charge is 0.481 e. The summed E-state index contributed by atoms with van der Waals surface area (Å²) in [5.41, 5.74) is 4.06. The molecule has 3 aromatic heterocycles. The highest BCUT2D eigenvalue weighted by Gasteiger charge is 2.59. The molecule has 4 aromatic rings. The summed E-state index contributed by atoms with van der Waals surface area (Å²) < 4.78 is 7.21. The normalized spacial score (nSPS) is 16.2. The SMILES string of the molecule is COc1ccc(-n2c(CN3C(=O)C4(CC4)c4ccncc43)nc3cc(Cl)ccc32)cn1. The first kappa shape index (κ1) is 18.3. The lowest BCUT2D eigenvalue weighted by atomic mass is 9.99. The Morgan fingerprint density at radius 3 is 2.77 bits per heavy atom. The minimum Gasteiger partial charge on any atom is -0.481 e. The van der Waals surface area contributed by atoms with E-state index in [1.165, 1.54) is 0 Å². The summed E-state index contributed by atoms with van der Waals surface area (Å²) in [6, 6.07) is 11.3. The van der Waals surface area contributed by atoms with Gasteiger partial charge in [-0.2, -0.15) is 0 Å². The second-order valence-corrected chi connectivity index (χ2v) is 8.36. The summed E-state index contributed by atoms with van der Waals surface area (Å²) in [7, 11) is 1.58. The van der Waals surface area contributed by atoms with Crippen molar-refractivity contribution in [3.63, 3.8) is 0 Å². The molecule has 1 aliphatic carbocycles. The number of imidazole rings is 1. The summed E-state index contributed by atoms with van der Waals surface area (Å²) in [4.78, 5) is 28.6. The molecule has 0 radical (unpaired) electrons. The second kappa shape index (κ2) is 6.52. The van der Waals surface area contributed by atoms with Gasteiger partial charge >= 0.3 is 0 Å². The number of halogens is 1. The average Bonchev–Trinajstić information content (AvgIpc) is 3.48. The molecule has 0 N–H and O–H groups in total. The van der Waals surface area contributed by atoms with Crippen molar-refractivity contribution in [3.05, 3.63) is 71.4 Å². The minimum absolute atomic E-state index is 0.125. The molecule has 0 atom stereocenters. The molecule has 4 heterocycles. The molecule has 1 aromatic carbocycles. The second-order valence-electron chi connectivity index (χ2n) is 7.92. The molecular weight excluding hydrogens is 414 g/mol. The molecule has 1 spiro atoms. The molecule has 154 valence electrons. The third kappa shape index (κ3) is 2.66. The topological polar surface area (TPSA) is 73.1 Å². The van der Waals surface area contributed by atoms with Gasteiger partial charge in [0.25, 0.3) is 0 Å². The summed E-state index contributed by atoms with van der Waals surface area (Å²) in [6.45, 7) is 0.331. The van der Waals surface area contributed by atoms with Crippen molar-refractivity contribution in [2.45, 2.75) is 24.8 Å². The molecule has 2 aliphatic rings. The van der Waals surface area contributed by atoms with Crippen LogP contribution in [-0.2, 0) is 16.8 Å². The van der Waals surface area contributed by atoms with Gasteiger partial charge in [-0.05, 0) is 48.7 Å². The summed E-state index contributed by atoms with van der Waals surface area (Å²) in [5.74, 6) is 1.38. The minimum atomic E-state index is -0.375. The number of carbonyl (C=O) groups is 1. The fourth-order valence-corrected chi connectivity index (χ4v) is 4.68. The molecule has 1 fully saturated rings. The number of hydrogen-bond acceptors (Lipinski definition) is 5. The zero-order chi connectivity index (χ0) is 21.2. The number of methoxy groups -OCH3 is 1. The van der Waals surface area contributed by atoms with Gasteiger partial charge in [0, 0.05) is 17.3 Å². The first-order valence-corrected chi connectivity index (χ1v) is 10.4. The van der Waals surface area contributed by atoms with Gasteiger partial charge in [0.05, 0.1) is 53.9 Å². The van der Waals surface area contributed by atoms with E-state index in [1.54, 1.807) is 31.8 Å². The lowest BCUT2D eigenvalue weighted by Crippen LogP contribution is -2.32. The van der Waals surface area contributed by atoms with Gasteiger partial charge in [-0.25, -0.2) is 9.97 Å². The number of rotatable bonds is 4. The van der Waals surface area contributed by atoms with E-state index in [0.29, 0.717) is 17.4 Å². The lowest BCUT2D eigenvalue weighted by molar-refractivity contribution is -0.120. The summed E-state index contributed by atoms with van der Waals surface area (Å²) in [5, 5.41) is 0.611. The molecule has 1 amide bonds. The Labute approximate surface area is 183 Å². The number of carbonyl (C=O) groups excluding carboxylic acids is 1. The number of hydrogen-bond donors (Lipinski definition) is 0. The molecule has 0 saturated heterocycles. The number of nitrogens with zero attached hydrogens (tertiary/aromatic N) is 5. The highest BCUT2D eigenvalue weighted by atomic mass is 35.5. The third-order valence-corrected chi connectivity index (χ3v) is 6.42. The predicted octanol–water partition coefficient (Wildman–Crippen LogP) is 4.06. The van der Waals surface area contributed by atoms with Gasteiger partial charge in [-0.3, -0.25) is 14.3 Å². The number of pyridine rings is 2. The predicted molar refractivity (Wildman–Crippen MR) is 117 cm³/mol. The van der Waals surface area contributed by atoms with E-state index in [2.05, 4.69) is 9.97 Å². The number of amides is 1. The molecule has 0 unspecified atom stereocenters. The van der Waals surface area contributed by atoms with E-state index < -0.39 is 0 Å². The smallest absolute Gasteiger partial charge is 0.238 e. The molecule has 7 nitrogen and oxygen atoms in total. The fraction of sp³-hybridized carbons (Fsp3) is 0.217. The van der Waals surface area contributed by atoms with E-state index in [1.807, 2.05) is 39.8 Å². The Morgan fingerprint density at radius 2 is 2.03 bits per heavy atom. The van der Waals surface area contributed by atoms with Crippen molar-refractivity contribution < 1.29 is 9.53 Å². The maximum Gasteiger partial charge on any atom is 0.238 e. The zero-order valence-corrected chi connectivity index (χ0v) is 17.5. The van der Waals surface area contributed by atoms with Crippen LogP contribution in [0.5, 0.6) is 5.88 Å². The third-order valence-electron chi connectivity index (χ3n) is 6.18. The van der Waals surface area contributed by atoms with E-state index in [0.717, 1.165) is 46.6 Å². The molecule has 6 rings (SSSR count). The van der Waals surface area contributed by atoms with Crippen LogP contribution in [0.1, 0.15) is 24.2 Å². The van der Waals surface area contributed by atoms with Crippen molar-refractivity contribution in [1.29, 1.82) is 0 Å². The molecule has 1 saturated carbocycles. The van der Waals surface area contributed by atoms with Crippen molar-refractivity contribution in [2.75, 3.05) is 12.0 Å². The number of anilines is 1. The van der Waals surface area contributed by atoms with Gasteiger partial charge in [0.1, 0.15) is 5.82 Å². The van der Waals surface area contributed by atoms with E-state index in [9.17, 15) is 4.79 Å². The fourth-order valence-electron chi connectivity index (χ4n) is 4.52. The Morgan fingerprint density at radius 1 is 1.16 bits per heavy atom. The Hall–Kier alpha value is -3.45. The number of aromatic nitrogens is 4. The quantitative estimate of drug-likeness (QED) is 0.487. The van der Waals surface area contributed by atoms with Crippen LogP contribution in [0.25, 0.3) is 16.7 Å². The lowest BCUT2D eigenvalue weighted by Gasteiger charge is -2.18. The van der Waals surface area contributed by atoms with Crippen LogP contribution in [-0.4, -0.2) is 32.5 Å². The first-order chi connectivity index (χ1) is 15.1. The summed E-state index contributed by atoms with van der Waals surface area (Å²) >= 11 is 6.22. The van der Waals surface area contributed by atoms with Crippen molar-refractivity contribution in [3.8, 4) is 11.6 Å². The highest BCUT2D eigenvalue weighted by Crippen LogP contribution is 2.57. The van der Waals surface area contributed by atoms with Gasteiger partial charge in [0.15, 0.2) is 0 Å². The van der Waals surface area contributed by atoms with Crippen LogP contribution < -0.4 is 9.64 Å². The molecular formula is C23H18ClN5O2. The Balaban J connectivity index is 1.49. The van der Waals surface area contributed by atoms with E-state index >= 15 is 0 Å². The van der Waals surface area contributed by atoms with Crippen LogP contribution in [0.4, 0.5) is 5.69 Å². The van der Waals surface area contributed by atoms with Crippen molar-refractivity contribution in [1.82, 2.24) is 19.5 Å². The maximum absolute atomic E-state index is 13.4. The van der Waals surface area contributed by atoms with Crippen LogP contribution in [0.15, 0.2) is 55.0 Å². The van der Waals surface area contributed by atoms with Crippen LogP contribution in [0.2, 0.25) is 5.02 Å². The van der Waals surface area contributed by atoms with Gasteiger partial charge in [-0.1, -0.05) is 11.6 Å². The monoisotopic (exact) mass is 431 g/mol. The van der Waals surface area contributed by atoms with Crippen molar-refractivity contribution in [2.24, 2.45) is 0 Å². The molecule has 31 heavy (non-hydrogen) atoms. The number of benzene rings is 1. The number of ether oxygens (including phenoxy) is 1.